The number of hydrogen-bond donors (Lipinski definition) is 0. The molecule has 0 amide bonds. The molecule has 0 fully saturated rings. The van der Waals surface area contributed by atoms with Crippen LogP contribution in [0.25, 0.3) is 11.3 Å². The molecular formula is C15H11ClO5S. The Labute approximate surface area is 131 Å². The minimum atomic E-state index is -4.15. The molecule has 2 aromatic rings. The Bertz CT molecular complexity index is 966. The minimum absolute atomic E-state index is 0.0278. The molecule has 0 radical (unpaired) electrons. The van der Waals surface area contributed by atoms with E-state index in [-0.39, 0.29) is 22.5 Å². The number of rotatable bonds is 1. The lowest BCUT2D eigenvalue weighted by atomic mass is 9.85. The summed E-state index contributed by atoms with van der Waals surface area (Å²) < 4.78 is 28.5. The second kappa shape index (κ2) is 4.54. The van der Waals surface area contributed by atoms with Crippen LogP contribution in [0.15, 0.2) is 21.6 Å². The van der Waals surface area contributed by atoms with Crippen molar-refractivity contribution in [3.8, 4) is 11.3 Å². The zero-order chi connectivity index (χ0) is 16.4. The van der Waals surface area contributed by atoms with Gasteiger partial charge in [0.25, 0.3) is 9.05 Å². The minimum Gasteiger partial charge on any atom is -0.442 e. The van der Waals surface area contributed by atoms with E-state index in [1.807, 2.05) is 13.8 Å². The van der Waals surface area contributed by atoms with E-state index in [0.717, 1.165) is 11.1 Å². The zero-order valence-corrected chi connectivity index (χ0v) is 13.6. The molecule has 0 bridgehead atoms. The first kappa shape index (κ1) is 15.0. The molecule has 0 saturated carbocycles. The lowest BCUT2D eigenvalue weighted by Gasteiger charge is -2.15. The van der Waals surface area contributed by atoms with Gasteiger partial charge >= 0.3 is 0 Å². The highest BCUT2D eigenvalue weighted by molar-refractivity contribution is 8.13. The van der Waals surface area contributed by atoms with Gasteiger partial charge in [0.15, 0.2) is 0 Å². The first-order valence-electron chi connectivity index (χ1n) is 6.41. The number of carbonyl (C=O) groups is 2. The number of aryl methyl sites for hydroxylation is 2. The summed E-state index contributed by atoms with van der Waals surface area (Å²) in [6, 6.07) is 3.32. The lowest BCUT2D eigenvalue weighted by molar-refractivity contribution is 0.0814. The Morgan fingerprint density at radius 3 is 2.05 bits per heavy atom. The van der Waals surface area contributed by atoms with Crippen molar-refractivity contribution in [3.63, 3.8) is 0 Å². The third-order valence-electron chi connectivity index (χ3n) is 3.88. The molecule has 3 rings (SSSR count). The fraction of sp³-hybridized carbons (Fsp3) is 0.200. The smallest absolute Gasteiger partial charge is 0.294 e. The average Bonchev–Trinajstić information content (AvgIpc) is 2.76. The molecule has 1 heterocycles. The first-order chi connectivity index (χ1) is 10.1. The molecule has 5 nitrogen and oxygen atoms in total. The van der Waals surface area contributed by atoms with E-state index in [1.165, 1.54) is 6.92 Å². The highest BCUT2D eigenvalue weighted by atomic mass is 35.7. The van der Waals surface area contributed by atoms with Crippen LogP contribution >= 0.6 is 10.7 Å². The monoisotopic (exact) mass is 338 g/mol. The molecule has 0 N–H and O–H groups in total. The first-order valence-corrected chi connectivity index (χ1v) is 8.72. The quantitative estimate of drug-likeness (QED) is 0.589. The van der Waals surface area contributed by atoms with E-state index in [2.05, 4.69) is 0 Å². The zero-order valence-electron chi connectivity index (χ0n) is 12.0. The SMILES string of the molecule is Cc1cc2c(cc1C)-c1oc(S(=O)(=O)Cl)c(C)c1C(=O)C2=O. The molecule has 0 unspecified atom stereocenters. The second-order valence-electron chi connectivity index (χ2n) is 5.30. The third kappa shape index (κ3) is 1.94. The predicted molar refractivity (Wildman–Crippen MR) is 80.1 cm³/mol. The molecule has 7 heteroatoms. The largest absolute Gasteiger partial charge is 0.442 e. The van der Waals surface area contributed by atoms with Gasteiger partial charge in [-0.25, -0.2) is 8.42 Å². The van der Waals surface area contributed by atoms with E-state index in [9.17, 15) is 18.0 Å². The molecule has 0 saturated heterocycles. The van der Waals surface area contributed by atoms with Gasteiger partial charge in [-0.05, 0) is 44.0 Å². The normalized spacial score (nSPS) is 14.0. The van der Waals surface area contributed by atoms with Crippen LogP contribution in [0.4, 0.5) is 0 Å². The molecule has 1 aliphatic rings. The summed E-state index contributed by atoms with van der Waals surface area (Å²) >= 11 is 0. The van der Waals surface area contributed by atoms with Gasteiger partial charge in [0.1, 0.15) is 5.76 Å². The van der Waals surface area contributed by atoms with Crippen LogP contribution in [0.1, 0.15) is 37.4 Å². The average molecular weight is 339 g/mol. The third-order valence-corrected chi connectivity index (χ3v) is 5.13. The van der Waals surface area contributed by atoms with Crippen LogP contribution in [0.2, 0.25) is 0 Å². The Morgan fingerprint density at radius 1 is 0.955 bits per heavy atom. The van der Waals surface area contributed by atoms with Crippen LogP contribution in [0.3, 0.4) is 0 Å². The molecule has 0 atom stereocenters. The fourth-order valence-corrected chi connectivity index (χ4v) is 3.71. The van der Waals surface area contributed by atoms with Gasteiger partial charge in [-0.15, -0.1) is 0 Å². The van der Waals surface area contributed by atoms with Crippen molar-refractivity contribution in [2.45, 2.75) is 25.9 Å². The number of hydrogen-bond acceptors (Lipinski definition) is 5. The number of benzene rings is 1. The van der Waals surface area contributed by atoms with Gasteiger partial charge in [0.2, 0.25) is 16.7 Å². The summed E-state index contributed by atoms with van der Waals surface area (Å²) in [5, 5.41) is -0.494. The Hall–Kier alpha value is -1.92. The van der Waals surface area contributed by atoms with Crippen molar-refractivity contribution in [1.29, 1.82) is 0 Å². The fourth-order valence-electron chi connectivity index (χ4n) is 2.62. The van der Waals surface area contributed by atoms with Gasteiger partial charge in [-0.2, -0.15) is 0 Å². The van der Waals surface area contributed by atoms with Crippen LogP contribution in [-0.2, 0) is 9.05 Å². The van der Waals surface area contributed by atoms with Crippen LogP contribution in [-0.4, -0.2) is 20.0 Å². The highest BCUT2D eigenvalue weighted by Crippen LogP contribution is 2.41. The van der Waals surface area contributed by atoms with Crippen molar-refractivity contribution in [2.24, 2.45) is 0 Å². The molecule has 1 aromatic heterocycles. The second-order valence-corrected chi connectivity index (χ2v) is 7.76. The number of Topliss-reactive ketones (excluding diaryl/α,β-unsaturated/α-hetero) is 2. The Balaban J connectivity index is 2.45. The molecule has 114 valence electrons. The maximum absolute atomic E-state index is 12.3. The summed E-state index contributed by atoms with van der Waals surface area (Å²) in [4.78, 5) is 24.6. The number of halogens is 1. The van der Waals surface area contributed by atoms with Crippen molar-refractivity contribution in [3.05, 3.63) is 39.9 Å². The van der Waals surface area contributed by atoms with Crippen molar-refractivity contribution < 1.29 is 22.4 Å². The Kier molecular flexibility index (Phi) is 3.09. The van der Waals surface area contributed by atoms with E-state index in [1.54, 1.807) is 12.1 Å². The van der Waals surface area contributed by atoms with Crippen molar-refractivity contribution in [2.75, 3.05) is 0 Å². The van der Waals surface area contributed by atoms with Crippen molar-refractivity contribution in [1.82, 2.24) is 0 Å². The van der Waals surface area contributed by atoms with Crippen LogP contribution in [0, 0.1) is 20.8 Å². The van der Waals surface area contributed by atoms with Gasteiger partial charge in [-0.1, -0.05) is 0 Å². The number of ketones is 2. The molecular weight excluding hydrogens is 328 g/mol. The van der Waals surface area contributed by atoms with E-state index < -0.39 is 25.7 Å². The summed E-state index contributed by atoms with van der Waals surface area (Å²) in [7, 11) is 1.19. The summed E-state index contributed by atoms with van der Waals surface area (Å²) in [6.45, 7) is 5.07. The Morgan fingerprint density at radius 2 is 1.50 bits per heavy atom. The van der Waals surface area contributed by atoms with E-state index in [4.69, 9.17) is 15.1 Å². The van der Waals surface area contributed by atoms with Gasteiger partial charge in [0, 0.05) is 27.4 Å². The van der Waals surface area contributed by atoms with Crippen LogP contribution < -0.4 is 0 Å². The summed E-state index contributed by atoms with van der Waals surface area (Å²) in [5.74, 6) is -1.37. The standard InChI is InChI=1S/C15H11ClO5S/c1-6-4-9-10(5-7(6)2)14-11(13(18)12(9)17)8(3)15(21-14)22(16,19)20/h4-5H,1-3H3. The lowest BCUT2D eigenvalue weighted by Crippen LogP contribution is -2.21. The van der Waals surface area contributed by atoms with E-state index >= 15 is 0 Å². The van der Waals surface area contributed by atoms with E-state index in [0.29, 0.717) is 5.56 Å². The summed E-state index contributed by atoms with van der Waals surface area (Å²) in [6.07, 6.45) is 0. The maximum atomic E-state index is 12.3. The molecule has 1 aliphatic carbocycles. The van der Waals surface area contributed by atoms with Gasteiger partial charge in [-0.3, -0.25) is 9.59 Å². The molecule has 0 aliphatic heterocycles. The molecule has 22 heavy (non-hydrogen) atoms. The molecule has 1 aromatic carbocycles. The van der Waals surface area contributed by atoms with Crippen LogP contribution in [0.5, 0.6) is 0 Å². The predicted octanol–water partition coefficient (Wildman–Crippen LogP) is 3.18. The number of furan rings is 1. The highest BCUT2D eigenvalue weighted by Gasteiger charge is 2.38. The van der Waals surface area contributed by atoms with Gasteiger partial charge in [0.05, 0.1) is 5.56 Å². The van der Waals surface area contributed by atoms with Gasteiger partial charge < -0.3 is 4.42 Å². The maximum Gasteiger partial charge on any atom is 0.294 e. The number of fused-ring (bicyclic) bond motifs is 3. The van der Waals surface area contributed by atoms with Crippen molar-refractivity contribution >= 4 is 31.3 Å². The number of carbonyl (C=O) groups excluding carboxylic acids is 2. The topological polar surface area (TPSA) is 81.4 Å². The molecule has 0 spiro atoms. The summed E-state index contributed by atoms with van der Waals surface area (Å²) in [5.41, 5.74) is 2.42.